The molecule has 1 aromatic heterocycles. The van der Waals surface area contributed by atoms with Gasteiger partial charge in [-0.3, -0.25) is 0 Å². The number of carbonyl (C=O) groups excluding carboxylic acids is 1. The summed E-state index contributed by atoms with van der Waals surface area (Å²) < 4.78 is 19.3. The number of amides is 2. The lowest BCUT2D eigenvalue weighted by Gasteiger charge is -2.33. The predicted octanol–water partition coefficient (Wildman–Crippen LogP) is 3.74. The highest BCUT2D eigenvalue weighted by atomic mass is 19.1. The van der Waals surface area contributed by atoms with Crippen LogP contribution in [0.5, 0.6) is 0 Å². The fourth-order valence-electron chi connectivity index (χ4n) is 3.55. The van der Waals surface area contributed by atoms with Crippen LogP contribution in [0.2, 0.25) is 0 Å². The third kappa shape index (κ3) is 3.63. The second-order valence-electron chi connectivity index (χ2n) is 6.97. The van der Waals surface area contributed by atoms with Gasteiger partial charge in [0.15, 0.2) is 0 Å². The number of carbonyl (C=O) groups is 1. The number of urea groups is 1. The Morgan fingerprint density at radius 3 is 2.68 bits per heavy atom. The number of nitrogens with zero attached hydrogens (tertiary/aromatic N) is 1. The van der Waals surface area contributed by atoms with E-state index in [1.807, 2.05) is 13.8 Å². The van der Waals surface area contributed by atoms with Crippen molar-refractivity contribution in [1.29, 1.82) is 0 Å². The molecule has 0 bridgehead atoms. The molecule has 1 fully saturated rings. The SMILES string of the molecule is Cc1c(C(C)NC(=O)N2CCC(C(C)O)CC2)oc2ccc(F)cc12. The van der Waals surface area contributed by atoms with Crippen molar-refractivity contribution in [2.45, 2.75) is 45.8 Å². The first-order valence-electron chi connectivity index (χ1n) is 8.79. The molecule has 1 saturated heterocycles. The monoisotopic (exact) mass is 348 g/mol. The molecule has 0 radical (unpaired) electrons. The van der Waals surface area contributed by atoms with E-state index in [2.05, 4.69) is 5.32 Å². The van der Waals surface area contributed by atoms with Crippen LogP contribution in [0.4, 0.5) is 9.18 Å². The van der Waals surface area contributed by atoms with Gasteiger partial charge in [0.25, 0.3) is 0 Å². The Bertz CT molecular complexity index is 763. The predicted molar refractivity (Wildman–Crippen MR) is 93.8 cm³/mol. The van der Waals surface area contributed by atoms with Crippen LogP contribution >= 0.6 is 0 Å². The maximum absolute atomic E-state index is 13.4. The summed E-state index contributed by atoms with van der Waals surface area (Å²) in [5.41, 5.74) is 1.46. The van der Waals surface area contributed by atoms with Gasteiger partial charge in [0.2, 0.25) is 0 Å². The number of aryl methyl sites for hydroxylation is 1. The van der Waals surface area contributed by atoms with Crippen molar-refractivity contribution in [3.05, 3.63) is 35.3 Å². The number of piperidine rings is 1. The van der Waals surface area contributed by atoms with E-state index in [0.717, 1.165) is 23.8 Å². The van der Waals surface area contributed by atoms with E-state index < -0.39 is 0 Å². The van der Waals surface area contributed by atoms with E-state index in [4.69, 9.17) is 4.42 Å². The number of hydrogen-bond donors (Lipinski definition) is 2. The van der Waals surface area contributed by atoms with Gasteiger partial charge in [0.05, 0.1) is 12.1 Å². The van der Waals surface area contributed by atoms with E-state index in [-0.39, 0.29) is 29.9 Å². The van der Waals surface area contributed by atoms with E-state index in [1.165, 1.54) is 12.1 Å². The Balaban J connectivity index is 1.67. The highest BCUT2D eigenvalue weighted by molar-refractivity contribution is 5.82. The van der Waals surface area contributed by atoms with Gasteiger partial charge in [0.1, 0.15) is 17.2 Å². The van der Waals surface area contributed by atoms with Crippen molar-refractivity contribution in [2.75, 3.05) is 13.1 Å². The molecule has 2 atom stereocenters. The van der Waals surface area contributed by atoms with Crippen LogP contribution in [0.15, 0.2) is 22.6 Å². The van der Waals surface area contributed by atoms with Gasteiger partial charge in [-0.2, -0.15) is 0 Å². The molecule has 0 spiro atoms. The minimum absolute atomic E-state index is 0.137. The molecule has 2 N–H and O–H groups in total. The molecule has 2 unspecified atom stereocenters. The minimum atomic E-state index is -0.331. The van der Waals surface area contributed by atoms with E-state index in [0.29, 0.717) is 24.4 Å². The quantitative estimate of drug-likeness (QED) is 0.888. The standard InChI is InChI=1S/C19H25FN2O3/c1-11-16-10-15(20)4-5-17(16)25-18(11)12(2)21-19(24)22-8-6-14(7-9-22)13(3)23/h4-5,10,12-14,23H,6-9H2,1-3H3,(H,21,24). The normalized spacial score (nSPS) is 18.4. The van der Waals surface area contributed by atoms with Gasteiger partial charge in [0, 0.05) is 24.0 Å². The maximum atomic E-state index is 13.4. The fraction of sp³-hybridized carbons (Fsp3) is 0.526. The molecule has 2 amide bonds. The maximum Gasteiger partial charge on any atom is 0.317 e. The van der Waals surface area contributed by atoms with Gasteiger partial charge in [-0.15, -0.1) is 0 Å². The second-order valence-corrected chi connectivity index (χ2v) is 6.97. The van der Waals surface area contributed by atoms with E-state index in [1.54, 1.807) is 17.9 Å². The number of fused-ring (bicyclic) bond motifs is 1. The molecule has 136 valence electrons. The molecule has 1 aliphatic heterocycles. The van der Waals surface area contributed by atoms with Crippen molar-refractivity contribution >= 4 is 17.0 Å². The summed E-state index contributed by atoms with van der Waals surface area (Å²) in [6.45, 7) is 6.81. The zero-order chi connectivity index (χ0) is 18.1. The number of aliphatic hydroxyl groups excluding tert-OH is 1. The van der Waals surface area contributed by atoms with Crippen molar-refractivity contribution in [1.82, 2.24) is 10.2 Å². The number of nitrogens with one attached hydrogen (secondary N) is 1. The zero-order valence-corrected chi connectivity index (χ0v) is 14.9. The van der Waals surface area contributed by atoms with Crippen LogP contribution in [0, 0.1) is 18.7 Å². The largest absolute Gasteiger partial charge is 0.459 e. The molecule has 3 rings (SSSR count). The first-order chi connectivity index (χ1) is 11.9. The topological polar surface area (TPSA) is 65.7 Å². The summed E-state index contributed by atoms with van der Waals surface area (Å²) in [6, 6.07) is 3.98. The summed E-state index contributed by atoms with van der Waals surface area (Å²) in [5, 5.41) is 13.4. The van der Waals surface area contributed by atoms with Crippen molar-refractivity contribution in [3.8, 4) is 0 Å². The number of rotatable bonds is 3. The molecule has 5 nitrogen and oxygen atoms in total. The molecule has 6 heteroatoms. The second kappa shape index (κ2) is 7.04. The lowest BCUT2D eigenvalue weighted by molar-refractivity contribution is 0.0793. The fourth-order valence-corrected chi connectivity index (χ4v) is 3.55. The molecule has 2 aromatic rings. The molecule has 1 aliphatic rings. The molecule has 0 aliphatic carbocycles. The average molecular weight is 348 g/mol. The Hall–Kier alpha value is -2.08. The van der Waals surface area contributed by atoms with Crippen molar-refractivity contribution < 1.29 is 18.7 Å². The third-order valence-electron chi connectivity index (χ3n) is 5.18. The summed E-state index contributed by atoms with van der Waals surface area (Å²) in [4.78, 5) is 14.3. The van der Waals surface area contributed by atoms with E-state index in [9.17, 15) is 14.3 Å². The number of hydrogen-bond acceptors (Lipinski definition) is 3. The summed E-state index contributed by atoms with van der Waals surface area (Å²) in [6.07, 6.45) is 1.29. The number of aliphatic hydroxyl groups is 1. The van der Waals surface area contributed by atoms with Crippen LogP contribution in [0.1, 0.15) is 44.1 Å². The Kier molecular flexibility index (Phi) is 4.99. The summed E-state index contributed by atoms with van der Waals surface area (Å²) in [7, 11) is 0. The van der Waals surface area contributed by atoms with Crippen LogP contribution in [0.25, 0.3) is 11.0 Å². The van der Waals surface area contributed by atoms with Gasteiger partial charge >= 0.3 is 6.03 Å². The van der Waals surface area contributed by atoms with Gasteiger partial charge < -0.3 is 19.7 Å². The summed E-state index contributed by atoms with van der Waals surface area (Å²) in [5.74, 6) is 0.599. The minimum Gasteiger partial charge on any atom is -0.459 e. The Labute approximate surface area is 146 Å². The highest BCUT2D eigenvalue weighted by Crippen LogP contribution is 2.30. The molecule has 25 heavy (non-hydrogen) atoms. The van der Waals surface area contributed by atoms with Crippen LogP contribution < -0.4 is 5.32 Å². The number of benzene rings is 1. The van der Waals surface area contributed by atoms with Gasteiger partial charge in [-0.05, 0) is 57.7 Å². The first kappa shape index (κ1) is 17.7. The molecule has 1 aromatic carbocycles. The molecular weight excluding hydrogens is 323 g/mol. The summed E-state index contributed by atoms with van der Waals surface area (Å²) >= 11 is 0. The van der Waals surface area contributed by atoms with Crippen LogP contribution in [-0.2, 0) is 0 Å². The lowest BCUT2D eigenvalue weighted by atomic mass is 9.92. The Morgan fingerprint density at radius 2 is 2.04 bits per heavy atom. The zero-order valence-electron chi connectivity index (χ0n) is 14.9. The number of likely N-dealkylation sites (tertiary alicyclic amines) is 1. The number of halogens is 1. The van der Waals surface area contributed by atoms with Gasteiger partial charge in [-0.1, -0.05) is 0 Å². The highest BCUT2D eigenvalue weighted by Gasteiger charge is 2.27. The van der Waals surface area contributed by atoms with Crippen LogP contribution in [0.3, 0.4) is 0 Å². The third-order valence-corrected chi connectivity index (χ3v) is 5.18. The Morgan fingerprint density at radius 1 is 1.36 bits per heavy atom. The van der Waals surface area contributed by atoms with Gasteiger partial charge in [-0.25, -0.2) is 9.18 Å². The average Bonchev–Trinajstić information content (AvgIpc) is 2.91. The number of furan rings is 1. The molecule has 0 saturated carbocycles. The molecular formula is C19H25FN2O3. The molecule has 2 heterocycles. The smallest absolute Gasteiger partial charge is 0.317 e. The van der Waals surface area contributed by atoms with E-state index >= 15 is 0 Å². The lowest BCUT2D eigenvalue weighted by Crippen LogP contribution is -2.46. The van der Waals surface area contributed by atoms with Crippen LogP contribution in [-0.4, -0.2) is 35.2 Å². The first-order valence-corrected chi connectivity index (χ1v) is 8.79. The van der Waals surface area contributed by atoms with Crippen molar-refractivity contribution in [3.63, 3.8) is 0 Å². The van der Waals surface area contributed by atoms with Crippen molar-refractivity contribution in [2.24, 2.45) is 5.92 Å².